The monoisotopic (exact) mass is 398 g/mol. The first-order valence-electron chi connectivity index (χ1n) is 7.81. The normalized spacial score (nSPS) is 14.1. The number of nitrogens with zero attached hydrogens (tertiary/aromatic N) is 3. The number of thiazole rings is 1. The highest BCUT2D eigenvalue weighted by atomic mass is 32.2. The van der Waals surface area contributed by atoms with E-state index >= 15 is 0 Å². The lowest BCUT2D eigenvalue weighted by molar-refractivity contribution is 0.0727. The van der Waals surface area contributed by atoms with Crippen molar-refractivity contribution < 1.29 is 18.0 Å². The molecule has 3 N–H and O–H groups in total. The fourth-order valence-corrected chi connectivity index (χ4v) is 3.65. The van der Waals surface area contributed by atoms with Crippen LogP contribution in [0, 0.1) is 0 Å². The van der Waals surface area contributed by atoms with Crippen molar-refractivity contribution in [2.45, 2.75) is 13.0 Å². The summed E-state index contributed by atoms with van der Waals surface area (Å²) < 4.78 is 24.3. The molecular weight excluding hydrogens is 380 g/mol. The van der Waals surface area contributed by atoms with Crippen LogP contribution < -0.4 is 10.0 Å². The zero-order valence-corrected chi connectivity index (χ0v) is 15.6. The van der Waals surface area contributed by atoms with Crippen LogP contribution in [0.4, 0.5) is 0 Å². The summed E-state index contributed by atoms with van der Waals surface area (Å²) >= 11 is 1.36. The van der Waals surface area contributed by atoms with Crippen molar-refractivity contribution in [3.05, 3.63) is 33.5 Å². The summed E-state index contributed by atoms with van der Waals surface area (Å²) in [4.78, 5) is 30.3. The van der Waals surface area contributed by atoms with E-state index in [1.165, 1.54) is 11.3 Å². The molecule has 0 radical (unpaired) electrons. The van der Waals surface area contributed by atoms with E-state index in [1.807, 2.05) is 0 Å². The molecule has 2 aromatic rings. The number of sulfonamides is 1. The summed E-state index contributed by atoms with van der Waals surface area (Å²) in [5.74, 6) is -0.526. The molecule has 0 unspecified atom stereocenters. The zero-order valence-electron chi connectivity index (χ0n) is 14.0. The van der Waals surface area contributed by atoms with E-state index in [2.05, 4.69) is 25.2 Å². The number of amides is 2. The maximum Gasteiger partial charge on any atom is 0.273 e. The molecule has 26 heavy (non-hydrogen) atoms. The zero-order chi connectivity index (χ0) is 18.7. The number of nitrogens with one attached hydrogen (secondary N) is 3. The van der Waals surface area contributed by atoms with Gasteiger partial charge in [-0.25, -0.2) is 18.1 Å². The molecule has 3 rings (SSSR count). The van der Waals surface area contributed by atoms with Gasteiger partial charge in [-0.15, -0.1) is 11.3 Å². The Hall–Kier alpha value is -2.31. The van der Waals surface area contributed by atoms with Gasteiger partial charge in [0.05, 0.1) is 24.0 Å². The molecule has 0 spiro atoms. The van der Waals surface area contributed by atoms with Crippen LogP contribution in [0.15, 0.2) is 10.9 Å². The van der Waals surface area contributed by atoms with Gasteiger partial charge in [0, 0.05) is 30.6 Å². The molecule has 1 aliphatic rings. The quantitative estimate of drug-likeness (QED) is 0.553. The lowest BCUT2D eigenvalue weighted by Crippen LogP contribution is -2.37. The Morgan fingerprint density at radius 1 is 1.38 bits per heavy atom. The summed E-state index contributed by atoms with van der Waals surface area (Å²) in [6, 6.07) is 0. The summed E-state index contributed by atoms with van der Waals surface area (Å²) in [6.07, 6.45) is 1.56. The molecule has 0 fully saturated rings. The topological polar surface area (TPSA) is 137 Å². The molecule has 0 aliphatic carbocycles. The molecular formula is C14H18N6O4S2. The van der Waals surface area contributed by atoms with Gasteiger partial charge < -0.3 is 10.2 Å². The largest absolute Gasteiger partial charge is 0.349 e. The molecule has 1 aliphatic heterocycles. The van der Waals surface area contributed by atoms with Crippen molar-refractivity contribution in [3.63, 3.8) is 0 Å². The van der Waals surface area contributed by atoms with Gasteiger partial charge in [0.2, 0.25) is 10.0 Å². The Bertz CT molecular complexity index is 906. The number of H-pyrrole nitrogens is 1. The van der Waals surface area contributed by atoms with Crippen molar-refractivity contribution >= 4 is 33.2 Å². The molecule has 0 saturated carbocycles. The van der Waals surface area contributed by atoms with Crippen molar-refractivity contribution in [3.8, 4) is 0 Å². The lowest BCUT2D eigenvalue weighted by Gasteiger charge is -2.26. The van der Waals surface area contributed by atoms with E-state index in [0.717, 1.165) is 17.5 Å². The maximum absolute atomic E-state index is 12.4. The second kappa shape index (κ2) is 7.51. The summed E-state index contributed by atoms with van der Waals surface area (Å²) in [5.41, 5.74) is 3.80. The second-order valence-electron chi connectivity index (χ2n) is 5.80. The fourth-order valence-electron chi connectivity index (χ4n) is 2.66. The molecule has 10 nitrogen and oxygen atoms in total. The SMILES string of the molecule is CS(=O)(=O)NCCNC(=O)c1n[nH]c2c1CCN(C(=O)c1cscn1)C2. The van der Waals surface area contributed by atoms with E-state index in [1.54, 1.807) is 15.8 Å². The van der Waals surface area contributed by atoms with Crippen molar-refractivity contribution in [2.24, 2.45) is 0 Å². The predicted octanol–water partition coefficient (Wildman–Crippen LogP) is -0.656. The lowest BCUT2D eigenvalue weighted by atomic mass is 10.0. The number of aromatic amines is 1. The first-order chi connectivity index (χ1) is 12.3. The first kappa shape index (κ1) is 18.5. The average Bonchev–Trinajstić information content (AvgIpc) is 3.26. The summed E-state index contributed by atoms with van der Waals surface area (Å²) in [7, 11) is -3.29. The number of aromatic nitrogens is 3. The Labute approximate surface area is 154 Å². The number of hydrogen-bond donors (Lipinski definition) is 3. The summed E-state index contributed by atoms with van der Waals surface area (Å²) in [5, 5.41) is 11.2. The highest BCUT2D eigenvalue weighted by molar-refractivity contribution is 7.88. The third kappa shape index (κ3) is 4.26. The van der Waals surface area contributed by atoms with Crippen LogP contribution in [-0.4, -0.2) is 66.2 Å². The van der Waals surface area contributed by atoms with E-state index in [-0.39, 0.29) is 30.6 Å². The van der Waals surface area contributed by atoms with Gasteiger partial charge in [-0.1, -0.05) is 0 Å². The second-order valence-corrected chi connectivity index (χ2v) is 8.35. The molecule has 3 heterocycles. The van der Waals surface area contributed by atoms with Gasteiger partial charge in [-0.2, -0.15) is 5.10 Å². The summed E-state index contributed by atoms with van der Waals surface area (Å²) in [6.45, 7) is 1.06. The minimum absolute atomic E-state index is 0.104. The van der Waals surface area contributed by atoms with Crippen LogP contribution in [0.2, 0.25) is 0 Å². The highest BCUT2D eigenvalue weighted by Gasteiger charge is 2.28. The molecule has 2 amide bonds. The molecule has 140 valence electrons. The fraction of sp³-hybridized carbons (Fsp3) is 0.429. The molecule has 12 heteroatoms. The van der Waals surface area contributed by atoms with Gasteiger partial charge in [0.25, 0.3) is 11.8 Å². The number of carbonyl (C=O) groups excluding carboxylic acids is 2. The third-order valence-corrected chi connectivity index (χ3v) is 5.18. The molecule has 0 atom stereocenters. The molecule has 0 aromatic carbocycles. The van der Waals surface area contributed by atoms with Crippen molar-refractivity contribution in [1.29, 1.82) is 0 Å². The number of fused-ring (bicyclic) bond motifs is 1. The van der Waals surface area contributed by atoms with Crippen LogP contribution in [0.1, 0.15) is 32.2 Å². The van der Waals surface area contributed by atoms with Crippen LogP contribution in [0.3, 0.4) is 0 Å². The van der Waals surface area contributed by atoms with Gasteiger partial charge in [0.1, 0.15) is 5.69 Å². The van der Waals surface area contributed by atoms with Gasteiger partial charge in [0.15, 0.2) is 5.69 Å². The van der Waals surface area contributed by atoms with Crippen LogP contribution in [0.5, 0.6) is 0 Å². The Morgan fingerprint density at radius 2 is 2.19 bits per heavy atom. The van der Waals surface area contributed by atoms with E-state index in [0.29, 0.717) is 25.2 Å². The van der Waals surface area contributed by atoms with Crippen molar-refractivity contribution in [2.75, 3.05) is 25.9 Å². The minimum Gasteiger partial charge on any atom is -0.349 e. The van der Waals surface area contributed by atoms with Gasteiger partial charge >= 0.3 is 0 Å². The predicted molar refractivity (Wildman–Crippen MR) is 94.3 cm³/mol. The number of rotatable bonds is 6. The Morgan fingerprint density at radius 3 is 2.88 bits per heavy atom. The smallest absolute Gasteiger partial charge is 0.273 e. The first-order valence-corrected chi connectivity index (χ1v) is 10.6. The maximum atomic E-state index is 12.4. The van der Waals surface area contributed by atoms with E-state index < -0.39 is 10.0 Å². The average molecular weight is 398 g/mol. The Balaban J connectivity index is 1.60. The highest BCUT2D eigenvalue weighted by Crippen LogP contribution is 2.21. The van der Waals surface area contributed by atoms with Gasteiger partial charge in [-0.05, 0) is 6.42 Å². The Kier molecular flexibility index (Phi) is 5.34. The van der Waals surface area contributed by atoms with E-state index in [4.69, 9.17) is 0 Å². The molecule has 0 saturated heterocycles. The number of hydrogen-bond acceptors (Lipinski definition) is 7. The van der Waals surface area contributed by atoms with E-state index in [9.17, 15) is 18.0 Å². The van der Waals surface area contributed by atoms with Crippen molar-refractivity contribution in [1.82, 2.24) is 30.1 Å². The standard InChI is InChI=1S/C14H18N6O4S2/c1-26(23,24)17-4-3-15-13(21)12-9-2-5-20(6-10(9)18-19-12)14(22)11-7-25-8-16-11/h7-8,17H,2-6H2,1H3,(H,15,21)(H,18,19). The third-order valence-electron chi connectivity index (χ3n) is 3.86. The minimum atomic E-state index is -3.29. The van der Waals surface area contributed by atoms with Crippen LogP contribution >= 0.6 is 11.3 Å². The molecule has 0 bridgehead atoms. The van der Waals surface area contributed by atoms with Crippen LogP contribution in [-0.2, 0) is 23.0 Å². The molecule has 2 aromatic heterocycles. The number of carbonyl (C=O) groups is 2. The van der Waals surface area contributed by atoms with Crippen LogP contribution in [0.25, 0.3) is 0 Å². The van der Waals surface area contributed by atoms with Gasteiger partial charge in [-0.3, -0.25) is 14.7 Å².